The maximum Gasteiger partial charge on any atom is 0.327 e. The highest BCUT2D eigenvalue weighted by Crippen LogP contribution is 2.12. The molecule has 0 rings (SSSR count). The monoisotopic (exact) mass is 370 g/mol. The molecule has 0 aliphatic heterocycles. The van der Waals surface area contributed by atoms with Gasteiger partial charge in [-0.05, 0) is 19.3 Å². The summed E-state index contributed by atoms with van der Waals surface area (Å²) in [5.41, 5.74) is 0. The average molecular weight is 371 g/mol. The summed E-state index contributed by atoms with van der Waals surface area (Å²) in [4.78, 5) is 19.8. The average Bonchev–Trinajstić information content (AvgIpc) is 2.58. The second kappa shape index (κ2) is 23.7. The van der Waals surface area contributed by atoms with Gasteiger partial charge >= 0.3 is 11.9 Å². The van der Waals surface area contributed by atoms with E-state index in [1.165, 1.54) is 83.1 Å². The van der Waals surface area contributed by atoms with Crippen molar-refractivity contribution in [3.63, 3.8) is 0 Å². The van der Waals surface area contributed by atoms with E-state index >= 15 is 0 Å². The lowest BCUT2D eigenvalue weighted by Crippen LogP contribution is -1.90. The van der Waals surface area contributed by atoms with Gasteiger partial charge < -0.3 is 10.2 Å². The van der Waals surface area contributed by atoms with Crippen molar-refractivity contribution in [3.8, 4) is 0 Å². The van der Waals surface area contributed by atoms with Gasteiger partial charge in [0.2, 0.25) is 0 Å². The van der Waals surface area contributed by atoms with Crippen molar-refractivity contribution in [2.45, 2.75) is 117 Å². The second-order valence-corrected chi connectivity index (χ2v) is 6.92. The van der Waals surface area contributed by atoms with E-state index in [9.17, 15) is 9.59 Å². The number of allylic oxidation sites excluding steroid dienone is 1. The summed E-state index contributed by atoms with van der Waals surface area (Å²) in [7, 11) is 0. The van der Waals surface area contributed by atoms with Gasteiger partial charge in [-0.15, -0.1) is 0 Å². The number of carboxylic acids is 2. The first-order chi connectivity index (χ1) is 12.5. The summed E-state index contributed by atoms with van der Waals surface area (Å²) < 4.78 is 0. The minimum absolute atomic E-state index is 0.292. The van der Waals surface area contributed by atoms with Gasteiger partial charge in [0.25, 0.3) is 0 Å². The summed E-state index contributed by atoms with van der Waals surface area (Å²) in [5.74, 6) is -1.54. The smallest absolute Gasteiger partial charge is 0.327 e. The Balaban J connectivity index is 0. The van der Waals surface area contributed by atoms with Gasteiger partial charge in [-0.2, -0.15) is 0 Å². The first-order valence-electron chi connectivity index (χ1n) is 10.7. The largest absolute Gasteiger partial charge is 0.481 e. The Kier molecular flexibility index (Phi) is 24.5. The molecule has 0 saturated heterocycles. The summed E-state index contributed by atoms with van der Waals surface area (Å²) >= 11 is 0. The molecule has 0 bridgehead atoms. The molecule has 0 aliphatic carbocycles. The molecule has 0 aromatic carbocycles. The standard InChI is InChI=1S/C18H34O2.C4H8O2/c1-2-3-4-5-6-7-8-9-10-11-12-13-14-15-16-17-18(19)20;1-2-3-4(5)6/h16-17H,2-15H2,1H3,(H,19,20);2-3H2,1H3,(H,5,6). The van der Waals surface area contributed by atoms with Gasteiger partial charge in [0.05, 0.1) is 0 Å². The van der Waals surface area contributed by atoms with Crippen LogP contribution in [0.1, 0.15) is 117 Å². The third kappa shape index (κ3) is 30.5. The molecule has 0 spiro atoms. The van der Waals surface area contributed by atoms with E-state index < -0.39 is 11.9 Å². The SMILES string of the molecule is CCCC(=O)O.CCCCCCCCCCCCCCCC=CC(=O)O. The molecular formula is C22H42O4. The Hall–Kier alpha value is -1.32. The first kappa shape index (κ1) is 26.9. The van der Waals surface area contributed by atoms with Crippen LogP contribution in [-0.2, 0) is 9.59 Å². The molecule has 0 aromatic heterocycles. The summed E-state index contributed by atoms with van der Waals surface area (Å²) in [6.45, 7) is 4.11. The molecule has 0 aliphatic rings. The minimum Gasteiger partial charge on any atom is -0.481 e. The molecule has 0 unspecified atom stereocenters. The van der Waals surface area contributed by atoms with Gasteiger partial charge in [0.1, 0.15) is 0 Å². The van der Waals surface area contributed by atoms with Gasteiger partial charge in [-0.1, -0.05) is 97.0 Å². The maximum atomic E-state index is 10.2. The second-order valence-electron chi connectivity index (χ2n) is 6.92. The molecule has 26 heavy (non-hydrogen) atoms. The van der Waals surface area contributed by atoms with Gasteiger partial charge in [0.15, 0.2) is 0 Å². The van der Waals surface area contributed by atoms with E-state index in [2.05, 4.69) is 6.92 Å². The summed E-state index contributed by atoms with van der Waals surface area (Å²) in [5, 5.41) is 16.3. The highest BCUT2D eigenvalue weighted by atomic mass is 16.4. The Morgan fingerprint density at radius 3 is 1.38 bits per heavy atom. The minimum atomic E-state index is -0.834. The molecule has 0 radical (unpaired) electrons. The Morgan fingerprint density at radius 1 is 0.654 bits per heavy atom. The maximum absolute atomic E-state index is 10.2. The van der Waals surface area contributed by atoms with Crippen molar-refractivity contribution >= 4 is 11.9 Å². The quantitative estimate of drug-likeness (QED) is 0.214. The van der Waals surface area contributed by atoms with Crippen LogP contribution in [0.15, 0.2) is 12.2 Å². The normalized spacial score (nSPS) is 10.5. The lowest BCUT2D eigenvalue weighted by atomic mass is 10.0. The lowest BCUT2D eigenvalue weighted by molar-refractivity contribution is -0.137. The van der Waals surface area contributed by atoms with Crippen molar-refractivity contribution in [2.75, 3.05) is 0 Å². The highest BCUT2D eigenvalue weighted by molar-refractivity contribution is 5.79. The van der Waals surface area contributed by atoms with Crippen molar-refractivity contribution in [1.82, 2.24) is 0 Å². The fourth-order valence-corrected chi connectivity index (χ4v) is 2.68. The molecule has 2 N–H and O–H groups in total. The molecule has 154 valence electrons. The zero-order valence-electron chi connectivity index (χ0n) is 17.2. The predicted molar refractivity (Wildman–Crippen MR) is 110 cm³/mol. The number of carbonyl (C=O) groups is 2. The molecule has 0 saturated carbocycles. The molecule has 0 atom stereocenters. The van der Waals surface area contributed by atoms with Crippen molar-refractivity contribution in [2.24, 2.45) is 0 Å². The fraction of sp³-hybridized carbons (Fsp3) is 0.818. The molecule has 4 heteroatoms. The van der Waals surface area contributed by atoms with Crippen molar-refractivity contribution in [3.05, 3.63) is 12.2 Å². The number of aliphatic carboxylic acids is 2. The van der Waals surface area contributed by atoms with Crippen LogP contribution in [0.5, 0.6) is 0 Å². The topological polar surface area (TPSA) is 74.6 Å². The predicted octanol–water partition coefficient (Wildman–Crippen LogP) is 6.98. The van der Waals surface area contributed by atoms with Crippen LogP contribution in [-0.4, -0.2) is 22.2 Å². The molecule has 0 aromatic rings. The van der Waals surface area contributed by atoms with Crippen LogP contribution in [0.2, 0.25) is 0 Å². The van der Waals surface area contributed by atoms with E-state index in [1.54, 1.807) is 6.08 Å². The zero-order valence-corrected chi connectivity index (χ0v) is 17.2. The number of rotatable bonds is 17. The third-order valence-electron chi connectivity index (χ3n) is 4.20. The third-order valence-corrected chi connectivity index (χ3v) is 4.20. The van der Waals surface area contributed by atoms with E-state index in [-0.39, 0.29) is 0 Å². The van der Waals surface area contributed by atoms with E-state index in [0.29, 0.717) is 6.42 Å². The molecule has 4 nitrogen and oxygen atoms in total. The van der Waals surface area contributed by atoms with Gasteiger partial charge in [0, 0.05) is 12.5 Å². The Bertz CT molecular complexity index is 337. The van der Waals surface area contributed by atoms with Crippen LogP contribution in [0.25, 0.3) is 0 Å². The van der Waals surface area contributed by atoms with Crippen LogP contribution in [0.3, 0.4) is 0 Å². The number of carboxylic acid groups (broad SMARTS) is 2. The van der Waals surface area contributed by atoms with Crippen molar-refractivity contribution < 1.29 is 19.8 Å². The lowest BCUT2D eigenvalue weighted by Gasteiger charge is -2.02. The van der Waals surface area contributed by atoms with E-state index in [1.807, 2.05) is 6.92 Å². The number of unbranched alkanes of at least 4 members (excludes halogenated alkanes) is 13. The molecule has 0 fully saturated rings. The zero-order chi connectivity index (χ0) is 19.9. The first-order valence-corrected chi connectivity index (χ1v) is 10.7. The molecule has 0 amide bonds. The fourth-order valence-electron chi connectivity index (χ4n) is 2.68. The van der Waals surface area contributed by atoms with Crippen LogP contribution >= 0.6 is 0 Å². The van der Waals surface area contributed by atoms with Crippen LogP contribution in [0, 0.1) is 0 Å². The van der Waals surface area contributed by atoms with Gasteiger partial charge in [-0.25, -0.2) is 4.79 Å². The van der Waals surface area contributed by atoms with E-state index in [0.717, 1.165) is 19.3 Å². The van der Waals surface area contributed by atoms with E-state index in [4.69, 9.17) is 10.2 Å². The summed E-state index contributed by atoms with van der Waals surface area (Å²) in [6.07, 6.45) is 22.6. The number of hydrogen-bond acceptors (Lipinski definition) is 2. The Labute approximate surface area is 161 Å². The highest BCUT2D eigenvalue weighted by Gasteiger charge is 1.93. The molecule has 0 heterocycles. The van der Waals surface area contributed by atoms with Gasteiger partial charge in [-0.3, -0.25) is 4.79 Å². The summed E-state index contributed by atoms with van der Waals surface area (Å²) in [6, 6.07) is 0. The van der Waals surface area contributed by atoms with Crippen LogP contribution < -0.4 is 0 Å². The van der Waals surface area contributed by atoms with Crippen molar-refractivity contribution in [1.29, 1.82) is 0 Å². The Morgan fingerprint density at radius 2 is 1.08 bits per heavy atom. The number of hydrogen-bond donors (Lipinski definition) is 2. The van der Waals surface area contributed by atoms with Crippen LogP contribution in [0.4, 0.5) is 0 Å². The molecular weight excluding hydrogens is 328 g/mol.